The molecule has 7 heteroatoms. The molecule has 17 heavy (non-hydrogen) atoms. The second kappa shape index (κ2) is 4.72. The van der Waals surface area contributed by atoms with E-state index in [1.54, 1.807) is 23.1 Å². The van der Waals surface area contributed by atoms with Crippen LogP contribution in [-0.4, -0.2) is 27.8 Å². The average molecular weight is 256 g/mol. The van der Waals surface area contributed by atoms with Crippen LogP contribution in [-0.2, 0) is 16.1 Å². The molecule has 0 radical (unpaired) electrons. The van der Waals surface area contributed by atoms with Crippen LogP contribution in [0.3, 0.4) is 0 Å². The maximum atomic E-state index is 11.4. The third-order valence-electron chi connectivity index (χ3n) is 2.42. The first-order valence-corrected chi connectivity index (χ1v) is 6.11. The Kier molecular flexibility index (Phi) is 3.30. The molecule has 92 valence electrons. The van der Waals surface area contributed by atoms with Crippen molar-refractivity contribution in [2.45, 2.75) is 6.92 Å². The van der Waals surface area contributed by atoms with Gasteiger partial charge in [-0.2, -0.15) is 0 Å². The van der Waals surface area contributed by atoms with Gasteiger partial charge in [-0.3, -0.25) is 14.1 Å². The number of nitrogens with zero attached hydrogens (tertiary/aromatic N) is 1. The summed E-state index contributed by atoms with van der Waals surface area (Å²) in [7, 11) is 0. The third-order valence-corrected chi connectivity index (χ3v) is 2.82. The fraction of sp³-hybridized carbons (Fsp3) is 0.300. The minimum Gasteiger partial charge on any atom is -0.487 e. The van der Waals surface area contributed by atoms with Gasteiger partial charge in [-0.1, -0.05) is 6.07 Å². The minimum atomic E-state index is -2.17. The van der Waals surface area contributed by atoms with E-state index < -0.39 is 11.3 Å². The van der Waals surface area contributed by atoms with E-state index in [1.165, 1.54) is 6.92 Å². The van der Waals surface area contributed by atoms with Gasteiger partial charge < -0.3 is 9.64 Å². The number of fused-ring (bicyclic) bond motifs is 1. The number of para-hydroxylation sites is 1. The van der Waals surface area contributed by atoms with Gasteiger partial charge in [0.15, 0.2) is 5.75 Å². The van der Waals surface area contributed by atoms with Crippen LogP contribution in [0.15, 0.2) is 18.2 Å². The van der Waals surface area contributed by atoms with Gasteiger partial charge >= 0.3 is 0 Å². The normalized spacial score (nSPS) is 15.8. The topological polar surface area (TPSA) is 78.9 Å². The first kappa shape index (κ1) is 11.9. The quantitative estimate of drug-likeness (QED) is 0.773. The second-order valence-corrected chi connectivity index (χ2v) is 4.23. The van der Waals surface area contributed by atoms with Crippen molar-refractivity contribution >= 4 is 28.5 Å². The summed E-state index contributed by atoms with van der Waals surface area (Å²) in [6, 6.07) is 5.05. The molecule has 2 N–H and O–H groups in total. The van der Waals surface area contributed by atoms with E-state index in [4.69, 9.17) is 9.29 Å². The summed E-state index contributed by atoms with van der Waals surface area (Å²) in [5.74, 6) is 0.341. The molecule has 0 aliphatic carbocycles. The van der Waals surface area contributed by atoms with Crippen molar-refractivity contribution < 1.29 is 18.3 Å². The van der Waals surface area contributed by atoms with Gasteiger partial charge in [-0.25, -0.2) is 4.21 Å². The Morgan fingerprint density at radius 3 is 3.00 bits per heavy atom. The smallest absolute Gasteiger partial charge is 0.259 e. The summed E-state index contributed by atoms with van der Waals surface area (Å²) in [4.78, 5) is 13.0. The van der Waals surface area contributed by atoms with Crippen LogP contribution < -0.4 is 14.4 Å². The lowest BCUT2D eigenvalue weighted by Gasteiger charge is -2.29. The van der Waals surface area contributed by atoms with Crippen LogP contribution in [0.5, 0.6) is 5.75 Å². The molecule has 0 saturated heterocycles. The standard InChI is InChI=1S/C10H12N2O4S/c1-7(13)12-5-6-16-10-8(11-17(14)15)3-2-4-9(10)12/h2-4,11H,5-6H2,1H3,(H,14,15). The van der Waals surface area contributed by atoms with Crippen molar-refractivity contribution in [2.24, 2.45) is 0 Å². The van der Waals surface area contributed by atoms with E-state index >= 15 is 0 Å². The molecular weight excluding hydrogens is 244 g/mol. The molecule has 2 rings (SSSR count). The molecule has 0 spiro atoms. The number of nitrogens with one attached hydrogen (secondary N) is 1. The van der Waals surface area contributed by atoms with Crippen molar-refractivity contribution in [3.05, 3.63) is 18.2 Å². The summed E-state index contributed by atoms with van der Waals surface area (Å²) in [5, 5.41) is 0. The zero-order chi connectivity index (χ0) is 12.4. The zero-order valence-corrected chi connectivity index (χ0v) is 9.99. The van der Waals surface area contributed by atoms with Crippen molar-refractivity contribution in [1.29, 1.82) is 0 Å². The van der Waals surface area contributed by atoms with Crippen LogP contribution in [0.4, 0.5) is 11.4 Å². The number of ether oxygens (including phenoxy) is 1. The first-order valence-electron chi connectivity index (χ1n) is 5.01. The molecule has 1 aliphatic rings. The zero-order valence-electron chi connectivity index (χ0n) is 9.17. The number of rotatable bonds is 2. The molecule has 0 saturated carbocycles. The molecule has 1 amide bonds. The molecule has 6 nitrogen and oxygen atoms in total. The number of carbonyl (C=O) groups is 1. The van der Waals surface area contributed by atoms with E-state index in [0.717, 1.165) is 0 Å². The van der Waals surface area contributed by atoms with Crippen LogP contribution in [0.1, 0.15) is 6.92 Å². The van der Waals surface area contributed by atoms with Gasteiger partial charge in [0.1, 0.15) is 6.61 Å². The lowest BCUT2D eigenvalue weighted by Crippen LogP contribution is -2.36. The predicted octanol–water partition coefficient (Wildman–Crippen LogP) is 0.980. The predicted molar refractivity (Wildman–Crippen MR) is 64.4 cm³/mol. The Morgan fingerprint density at radius 2 is 2.35 bits per heavy atom. The molecule has 1 heterocycles. The number of amides is 1. The van der Waals surface area contributed by atoms with Crippen LogP contribution >= 0.6 is 0 Å². The fourth-order valence-corrected chi connectivity index (χ4v) is 2.10. The second-order valence-electron chi connectivity index (χ2n) is 3.52. The average Bonchev–Trinajstić information content (AvgIpc) is 2.28. The van der Waals surface area contributed by atoms with Crippen LogP contribution in [0.2, 0.25) is 0 Å². The van der Waals surface area contributed by atoms with Crippen molar-refractivity contribution in [3.63, 3.8) is 0 Å². The molecule has 1 unspecified atom stereocenters. The van der Waals surface area contributed by atoms with E-state index in [2.05, 4.69) is 4.72 Å². The molecule has 1 atom stereocenters. The largest absolute Gasteiger partial charge is 0.487 e. The molecule has 0 fully saturated rings. The van der Waals surface area contributed by atoms with Gasteiger partial charge in [-0.15, -0.1) is 0 Å². The third kappa shape index (κ3) is 2.40. The number of hydrogen-bond acceptors (Lipinski definition) is 3. The maximum Gasteiger partial charge on any atom is 0.259 e. The monoisotopic (exact) mass is 256 g/mol. The highest BCUT2D eigenvalue weighted by atomic mass is 32.2. The van der Waals surface area contributed by atoms with Crippen molar-refractivity contribution in [3.8, 4) is 5.75 Å². The van der Waals surface area contributed by atoms with Gasteiger partial charge in [0.2, 0.25) is 5.91 Å². The Bertz CT molecular complexity index is 477. The van der Waals surface area contributed by atoms with E-state index in [1.807, 2.05) is 0 Å². The molecule has 1 aromatic rings. The number of hydrogen-bond donors (Lipinski definition) is 2. The molecule has 1 aliphatic heterocycles. The van der Waals surface area contributed by atoms with E-state index in [0.29, 0.717) is 30.3 Å². The minimum absolute atomic E-state index is 0.0863. The lowest BCUT2D eigenvalue weighted by atomic mass is 10.2. The summed E-state index contributed by atoms with van der Waals surface area (Å²) in [6.07, 6.45) is 0. The highest BCUT2D eigenvalue weighted by molar-refractivity contribution is 7.80. The van der Waals surface area contributed by atoms with Gasteiger partial charge in [-0.05, 0) is 12.1 Å². The van der Waals surface area contributed by atoms with E-state index in [9.17, 15) is 9.00 Å². The molecule has 0 bridgehead atoms. The Morgan fingerprint density at radius 1 is 1.59 bits per heavy atom. The number of carbonyl (C=O) groups excluding carboxylic acids is 1. The van der Waals surface area contributed by atoms with E-state index in [-0.39, 0.29) is 5.91 Å². The van der Waals surface area contributed by atoms with Gasteiger partial charge in [0.25, 0.3) is 11.3 Å². The lowest BCUT2D eigenvalue weighted by molar-refractivity contribution is -0.116. The summed E-state index contributed by atoms with van der Waals surface area (Å²) in [6.45, 7) is 2.32. The number of benzene rings is 1. The highest BCUT2D eigenvalue weighted by Gasteiger charge is 2.23. The Balaban J connectivity index is 2.43. The summed E-state index contributed by atoms with van der Waals surface area (Å²) < 4.78 is 27.3. The van der Waals surface area contributed by atoms with Crippen molar-refractivity contribution in [2.75, 3.05) is 22.8 Å². The Labute approximate surface area is 101 Å². The molecular formula is C10H12N2O4S. The van der Waals surface area contributed by atoms with Crippen LogP contribution in [0, 0.1) is 0 Å². The Hall–Kier alpha value is -1.60. The molecule has 1 aromatic carbocycles. The van der Waals surface area contributed by atoms with Crippen molar-refractivity contribution in [1.82, 2.24) is 0 Å². The fourth-order valence-electron chi connectivity index (χ4n) is 1.75. The van der Waals surface area contributed by atoms with Gasteiger partial charge in [0.05, 0.1) is 17.9 Å². The van der Waals surface area contributed by atoms with Crippen LogP contribution in [0.25, 0.3) is 0 Å². The SMILES string of the molecule is CC(=O)N1CCOc2c(NS(=O)O)cccc21. The summed E-state index contributed by atoms with van der Waals surface area (Å²) >= 11 is -2.17. The molecule has 0 aromatic heterocycles. The maximum absolute atomic E-state index is 11.4. The summed E-state index contributed by atoms with van der Waals surface area (Å²) in [5.41, 5.74) is 1.01. The highest BCUT2D eigenvalue weighted by Crippen LogP contribution is 2.38. The van der Waals surface area contributed by atoms with Gasteiger partial charge in [0, 0.05) is 6.92 Å². The number of anilines is 2. The first-order chi connectivity index (χ1) is 8.09.